The van der Waals surface area contributed by atoms with Crippen LogP contribution in [0.5, 0.6) is 0 Å². The number of hydrogen-bond donors (Lipinski definition) is 0. The van der Waals surface area contributed by atoms with Crippen molar-refractivity contribution >= 4 is 45.5 Å². The van der Waals surface area contributed by atoms with Gasteiger partial charge in [-0.15, -0.1) is 0 Å². The first kappa shape index (κ1) is 25.9. The first-order chi connectivity index (χ1) is 21.7. The number of para-hydroxylation sites is 4. The Balaban J connectivity index is 1.54. The van der Waals surface area contributed by atoms with Gasteiger partial charge in [0.1, 0.15) is 0 Å². The average Bonchev–Trinajstić information content (AvgIpc) is 3.58. The van der Waals surface area contributed by atoms with Crippen LogP contribution in [-0.2, 0) is 0 Å². The van der Waals surface area contributed by atoms with E-state index in [1.54, 1.807) is 0 Å². The van der Waals surface area contributed by atoms with Crippen LogP contribution in [0.3, 0.4) is 0 Å². The summed E-state index contributed by atoms with van der Waals surface area (Å²) in [7, 11) is 0. The third kappa shape index (κ3) is 4.15. The Morgan fingerprint density at radius 1 is 0.295 bits per heavy atom. The maximum atomic E-state index is 2.43. The highest BCUT2D eigenvalue weighted by molar-refractivity contribution is 6.00. The van der Waals surface area contributed by atoms with Gasteiger partial charge in [0.2, 0.25) is 0 Å². The molecule has 2 heterocycles. The molecule has 0 bridgehead atoms. The van der Waals surface area contributed by atoms with Crippen molar-refractivity contribution in [1.82, 2.24) is 0 Å². The third-order valence-electron chi connectivity index (χ3n) is 8.33. The van der Waals surface area contributed by atoms with E-state index < -0.39 is 0 Å². The van der Waals surface area contributed by atoms with E-state index in [0.717, 1.165) is 57.1 Å². The molecule has 0 saturated carbocycles. The molecule has 6 aromatic carbocycles. The van der Waals surface area contributed by atoms with Gasteiger partial charge in [-0.3, -0.25) is 19.6 Å². The fourth-order valence-corrected chi connectivity index (χ4v) is 6.41. The molecule has 4 nitrogen and oxygen atoms in total. The summed E-state index contributed by atoms with van der Waals surface area (Å²) in [6.07, 6.45) is 0. The lowest BCUT2D eigenvalue weighted by molar-refractivity contribution is 1.01. The summed E-state index contributed by atoms with van der Waals surface area (Å²) < 4.78 is 0. The van der Waals surface area contributed by atoms with E-state index in [9.17, 15) is 0 Å². The number of nitrogens with zero attached hydrogens (tertiary/aromatic N) is 4. The summed E-state index contributed by atoms with van der Waals surface area (Å²) in [6, 6.07) is 56.4. The van der Waals surface area contributed by atoms with E-state index in [4.69, 9.17) is 0 Å². The van der Waals surface area contributed by atoms with Crippen LogP contribution < -0.4 is 19.6 Å². The molecule has 2 aliphatic rings. The number of aryl methyl sites for hydroxylation is 2. The van der Waals surface area contributed by atoms with Gasteiger partial charge in [0, 0.05) is 22.7 Å². The van der Waals surface area contributed by atoms with Crippen molar-refractivity contribution < 1.29 is 0 Å². The van der Waals surface area contributed by atoms with Crippen molar-refractivity contribution in [3.63, 3.8) is 0 Å². The van der Waals surface area contributed by atoms with Crippen LogP contribution in [0.4, 0.5) is 45.5 Å². The minimum atomic E-state index is 1.06. The van der Waals surface area contributed by atoms with Gasteiger partial charge < -0.3 is 0 Å². The first-order valence-corrected chi connectivity index (χ1v) is 15.1. The fourth-order valence-electron chi connectivity index (χ4n) is 6.41. The van der Waals surface area contributed by atoms with Gasteiger partial charge in [-0.05, 0) is 97.8 Å². The highest BCUT2D eigenvalue weighted by Gasteiger charge is 2.44. The molecule has 0 aromatic heterocycles. The summed E-state index contributed by atoms with van der Waals surface area (Å²) in [4.78, 5) is 9.69. The highest BCUT2D eigenvalue weighted by atomic mass is 15.5. The Morgan fingerprint density at radius 3 is 0.864 bits per heavy atom. The second kappa shape index (κ2) is 10.5. The highest BCUT2D eigenvalue weighted by Crippen LogP contribution is 2.57. The van der Waals surface area contributed by atoms with Crippen LogP contribution in [-0.4, -0.2) is 0 Å². The van der Waals surface area contributed by atoms with Crippen molar-refractivity contribution in [2.45, 2.75) is 13.8 Å². The molecule has 0 unspecified atom stereocenters. The quantitative estimate of drug-likeness (QED) is 0.210. The van der Waals surface area contributed by atoms with Gasteiger partial charge in [0.25, 0.3) is 0 Å². The van der Waals surface area contributed by atoms with E-state index in [1.165, 1.54) is 11.1 Å². The Kier molecular flexibility index (Phi) is 6.20. The number of hydrogen-bond acceptors (Lipinski definition) is 4. The molecule has 0 spiro atoms. The zero-order valence-corrected chi connectivity index (χ0v) is 24.8. The number of benzene rings is 6. The van der Waals surface area contributed by atoms with E-state index in [-0.39, 0.29) is 0 Å². The van der Waals surface area contributed by atoms with Crippen molar-refractivity contribution in [3.05, 3.63) is 180 Å². The summed E-state index contributed by atoms with van der Waals surface area (Å²) in [6.45, 7) is 4.34. The molecule has 0 saturated heterocycles. The Labute approximate surface area is 259 Å². The first-order valence-electron chi connectivity index (χ1n) is 15.1. The summed E-state index contributed by atoms with van der Waals surface area (Å²) in [5.74, 6) is 2.12. The Bertz CT molecular complexity index is 1840. The molecule has 0 aliphatic carbocycles. The predicted molar refractivity (Wildman–Crippen MR) is 184 cm³/mol. The van der Waals surface area contributed by atoms with Gasteiger partial charge in [-0.25, -0.2) is 0 Å². The Hall–Kier alpha value is -5.74. The standard InChI is InChI=1S/C40H32N4/c1-29-23-25-35-37(27-29)43(33-19-11-5-12-20-33)39(41(35)31-15-7-3-8-16-31)40-42(32-17-9-4-10-18-32)36-26-24-30(2)28-38(36)44(40)34-21-13-6-14-22-34/h3-28H,1-2H3/b40-39+. The third-order valence-corrected chi connectivity index (χ3v) is 8.33. The largest absolute Gasteiger partial charge is 0.291 e. The summed E-state index contributed by atoms with van der Waals surface area (Å²) in [5, 5.41) is 0. The van der Waals surface area contributed by atoms with Gasteiger partial charge >= 0.3 is 0 Å². The van der Waals surface area contributed by atoms with Gasteiger partial charge in [0.15, 0.2) is 11.6 Å². The van der Waals surface area contributed by atoms with E-state index in [1.807, 2.05) is 0 Å². The lowest BCUT2D eigenvalue weighted by Gasteiger charge is -2.34. The maximum absolute atomic E-state index is 2.43. The second-order valence-electron chi connectivity index (χ2n) is 11.3. The average molecular weight is 569 g/mol. The van der Waals surface area contributed by atoms with Crippen molar-refractivity contribution in [3.8, 4) is 0 Å². The zero-order valence-electron chi connectivity index (χ0n) is 24.8. The predicted octanol–water partition coefficient (Wildman–Crippen LogP) is 10.7. The summed E-state index contributed by atoms with van der Waals surface area (Å²) in [5.41, 5.74) is 11.4. The zero-order chi connectivity index (χ0) is 29.6. The normalized spacial score (nSPS) is 15.5. The van der Waals surface area contributed by atoms with Crippen molar-refractivity contribution in [1.29, 1.82) is 0 Å². The second-order valence-corrected chi connectivity index (χ2v) is 11.3. The monoisotopic (exact) mass is 568 g/mol. The van der Waals surface area contributed by atoms with Crippen LogP contribution >= 0.6 is 0 Å². The minimum absolute atomic E-state index is 1.06. The molecule has 2 aliphatic heterocycles. The van der Waals surface area contributed by atoms with Crippen LogP contribution in [0.2, 0.25) is 0 Å². The number of anilines is 8. The topological polar surface area (TPSA) is 13.0 Å². The molecular weight excluding hydrogens is 536 g/mol. The molecule has 0 atom stereocenters. The molecule has 0 N–H and O–H groups in total. The Morgan fingerprint density at radius 2 is 0.568 bits per heavy atom. The molecule has 0 radical (unpaired) electrons. The molecule has 212 valence electrons. The van der Waals surface area contributed by atoms with Gasteiger partial charge in [-0.2, -0.15) is 0 Å². The molecular formula is C40H32N4. The molecule has 4 heteroatoms. The summed E-state index contributed by atoms with van der Waals surface area (Å²) >= 11 is 0. The van der Waals surface area contributed by atoms with Crippen LogP contribution in [0.15, 0.2) is 169 Å². The molecule has 44 heavy (non-hydrogen) atoms. The van der Waals surface area contributed by atoms with Crippen molar-refractivity contribution in [2.24, 2.45) is 0 Å². The van der Waals surface area contributed by atoms with E-state index in [2.05, 4.69) is 191 Å². The number of fused-ring (bicyclic) bond motifs is 2. The lowest BCUT2D eigenvalue weighted by Crippen LogP contribution is -2.33. The SMILES string of the molecule is Cc1ccc2c(c1)N(c1ccccc1)/C(=C1\N(c3ccccc3)c3ccc(C)cc3N1c1ccccc1)N2c1ccccc1. The molecule has 8 rings (SSSR count). The van der Waals surface area contributed by atoms with Crippen LogP contribution in [0.25, 0.3) is 0 Å². The van der Waals surface area contributed by atoms with Gasteiger partial charge in [-0.1, -0.05) is 84.9 Å². The maximum Gasteiger partial charge on any atom is 0.166 e. The van der Waals surface area contributed by atoms with E-state index >= 15 is 0 Å². The fraction of sp³-hybridized carbons (Fsp3) is 0.0500. The van der Waals surface area contributed by atoms with E-state index in [0.29, 0.717) is 0 Å². The molecule has 0 amide bonds. The molecule has 0 fully saturated rings. The lowest BCUT2D eigenvalue weighted by atomic mass is 10.1. The number of rotatable bonds is 4. The van der Waals surface area contributed by atoms with Gasteiger partial charge in [0.05, 0.1) is 22.7 Å². The van der Waals surface area contributed by atoms with Crippen LogP contribution in [0, 0.1) is 13.8 Å². The van der Waals surface area contributed by atoms with Crippen LogP contribution in [0.1, 0.15) is 11.1 Å². The molecule has 6 aromatic rings. The minimum Gasteiger partial charge on any atom is -0.291 e. The smallest absolute Gasteiger partial charge is 0.166 e. The van der Waals surface area contributed by atoms with Crippen molar-refractivity contribution in [2.75, 3.05) is 19.6 Å².